The molecule has 0 bridgehead atoms. The summed E-state index contributed by atoms with van der Waals surface area (Å²) in [5.74, 6) is 0. The van der Waals surface area contributed by atoms with E-state index in [9.17, 15) is 17.3 Å². The third-order valence-electron chi connectivity index (χ3n) is 2.15. The Morgan fingerprint density at radius 1 is 0.556 bits per heavy atom. The first-order chi connectivity index (χ1) is 7.77. The summed E-state index contributed by atoms with van der Waals surface area (Å²) < 4.78 is 48.2. The Hall–Kier alpha value is 0.0549. The molecule has 0 aromatic heterocycles. The van der Waals surface area contributed by atoms with Crippen LogP contribution in [0.15, 0.2) is 0 Å². The molecule has 112 valence electrons. The fourth-order valence-electron chi connectivity index (χ4n) is 2.15. The Labute approximate surface area is 108 Å². The van der Waals surface area contributed by atoms with Crippen molar-refractivity contribution in [3.05, 3.63) is 0 Å². The number of halogens is 4. The predicted molar refractivity (Wildman–Crippen MR) is 71.9 cm³/mol. The monoisotopic (exact) mass is 294 g/mol. The molecule has 0 aliphatic heterocycles. The van der Waals surface area contributed by atoms with E-state index in [0.29, 0.717) is 0 Å². The summed E-state index contributed by atoms with van der Waals surface area (Å²) in [7, 11) is 9.61. The van der Waals surface area contributed by atoms with E-state index < -0.39 is 15.1 Å². The molecule has 0 aliphatic carbocycles. The molecule has 0 aliphatic rings. The van der Waals surface area contributed by atoms with Gasteiger partial charge in [-0.2, -0.15) is 0 Å². The molecule has 0 saturated carbocycles. The van der Waals surface area contributed by atoms with Crippen molar-refractivity contribution in [1.29, 1.82) is 0 Å². The van der Waals surface area contributed by atoms with Crippen LogP contribution in [0.4, 0.5) is 17.3 Å². The van der Waals surface area contributed by atoms with Gasteiger partial charge in [0.15, 0.2) is 0 Å². The largest absolute Gasteiger partial charge is 0.673 e. The molecule has 0 aromatic rings. The highest BCUT2D eigenvalue weighted by Crippen LogP contribution is 2.64. The van der Waals surface area contributed by atoms with Crippen LogP contribution in [0.2, 0.25) is 0 Å². The zero-order chi connectivity index (χ0) is 15.3. The van der Waals surface area contributed by atoms with Gasteiger partial charge < -0.3 is 17.3 Å². The molecule has 0 aromatic carbocycles. The molecular formula is C8H24BF4N4P. The van der Waals surface area contributed by atoms with E-state index in [-0.39, 0.29) is 0 Å². The Kier molecular flexibility index (Phi) is 8.60. The van der Waals surface area contributed by atoms with Crippen LogP contribution in [0.5, 0.6) is 0 Å². The zero-order valence-corrected chi connectivity index (χ0v) is 13.2. The first-order valence-corrected chi connectivity index (χ1v) is 6.85. The number of nitrogens with zero attached hydrogens (tertiary/aromatic N) is 4. The van der Waals surface area contributed by atoms with Crippen LogP contribution in [0, 0.1) is 0 Å². The fraction of sp³-hybridized carbons (Fsp3) is 1.00. The normalized spacial score (nSPS) is 13.3. The van der Waals surface area contributed by atoms with E-state index in [0.717, 1.165) is 0 Å². The van der Waals surface area contributed by atoms with Gasteiger partial charge in [0.1, 0.15) is 0 Å². The van der Waals surface area contributed by atoms with Crippen molar-refractivity contribution in [3.8, 4) is 0 Å². The van der Waals surface area contributed by atoms with Gasteiger partial charge in [0.05, 0.1) is 0 Å². The molecule has 0 radical (unpaired) electrons. The lowest BCUT2D eigenvalue weighted by molar-refractivity contribution is 0.368. The summed E-state index contributed by atoms with van der Waals surface area (Å²) in [6.07, 6.45) is 0. The molecule has 0 amide bonds. The van der Waals surface area contributed by atoms with Crippen LogP contribution in [-0.2, 0) is 0 Å². The van der Waals surface area contributed by atoms with Crippen molar-refractivity contribution in [2.24, 2.45) is 0 Å². The van der Waals surface area contributed by atoms with Crippen LogP contribution < -0.4 is 0 Å². The molecule has 10 heteroatoms. The van der Waals surface area contributed by atoms with E-state index in [2.05, 4.69) is 75.1 Å². The van der Waals surface area contributed by atoms with E-state index >= 15 is 0 Å². The molecule has 0 atom stereocenters. The minimum Gasteiger partial charge on any atom is -0.418 e. The van der Waals surface area contributed by atoms with Gasteiger partial charge in [-0.25, -0.2) is 0 Å². The third-order valence-corrected chi connectivity index (χ3v) is 6.44. The van der Waals surface area contributed by atoms with Gasteiger partial charge >= 0.3 is 15.1 Å². The van der Waals surface area contributed by atoms with Gasteiger partial charge in [-0.15, -0.1) is 18.7 Å². The van der Waals surface area contributed by atoms with Crippen molar-refractivity contribution in [2.75, 3.05) is 56.4 Å². The molecule has 18 heavy (non-hydrogen) atoms. The number of rotatable bonds is 4. The number of hydrogen-bond acceptors (Lipinski definition) is 4. The molecule has 0 fully saturated rings. The third kappa shape index (κ3) is 6.29. The molecule has 0 rings (SSSR count). The number of hydrogen-bond donors (Lipinski definition) is 0. The van der Waals surface area contributed by atoms with Crippen LogP contribution in [0.25, 0.3) is 0 Å². The maximum atomic E-state index is 9.75. The lowest BCUT2D eigenvalue weighted by Gasteiger charge is -2.42. The van der Waals surface area contributed by atoms with Crippen molar-refractivity contribution >= 4 is 15.1 Å². The SMILES string of the molecule is CN(C)[P+](N(C)C)(N(C)C)N(C)C.F[B-](F)(F)F. The van der Waals surface area contributed by atoms with Gasteiger partial charge in [-0.3, -0.25) is 0 Å². The van der Waals surface area contributed by atoms with Gasteiger partial charge in [0.25, 0.3) is 0 Å². The summed E-state index contributed by atoms with van der Waals surface area (Å²) in [5, 5.41) is 0. The quantitative estimate of drug-likeness (QED) is 0.448. The van der Waals surface area contributed by atoms with Crippen LogP contribution in [0.1, 0.15) is 0 Å². The highest BCUT2D eigenvalue weighted by atomic mass is 31.2. The van der Waals surface area contributed by atoms with Crippen molar-refractivity contribution in [2.45, 2.75) is 0 Å². The summed E-state index contributed by atoms with van der Waals surface area (Å²) in [4.78, 5) is 0. The Balaban J connectivity index is 0. The Morgan fingerprint density at radius 3 is 0.667 bits per heavy atom. The topological polar surface area (TPSA) is 13.0 Å². The zero-order valence-electron chi connectivity index (χ0n) is 12.3. The highest BCUT2D eigenvalue weighted by Gasteiger charge is 2.50. The summed E-state index contributed by atoms with van der Waals surface area (Å²) in [6, 6.07) is 0. The van der Waals surface area contributed by atoms with Gasteiger partial charge in [0.2, 0.25) is 0 Å². The molecule has 0 saturated heterocycles. The Morgan fingerprint density at radius 2 is 0.667 bits per heavy atom. The Bertz CT molecular complexity index is 192. The van der Waals surface area contributed by atoms with Crippen molar-refractivity contribution in [3.63, 3.8) is 0 Å². The van der Waals surface area contributed by atoms with E-state index in [1.165, 1.54) is 0 Å². The summed E-state index contributed by atoms with van der Waals surface area (Å²) >= 11 is 0. The van der Waals surface area contributed by atoms with E-state index in [1.54, 1.807) is 0 Å². The highest BCUT2D eigenvalue weighted by molar-refractivity contribution is 7.66. The molecule has 0 heterocycles. The predicted octanol–water partition coefficient (Wildman–Crippen LogP) is 2.21. The average Bonchev–Trinajstić information content (AvgIpc) is 1.96. The first-order valence-electron chi connectivity index (χ1n) is 5.25. The summed E-state index contributed by atoms with van der Waals surface area (Å²) in [5.41, 5.74) is 0. The maximum absolute atomic E-state index is 9.75. The molecular weight excluding hydrogens is 270 g/mol. The van der Waals surface area contributed by atoms with Crippen LogP contribution in [0.3, 0.4) is 0 Å². The first kappa shape index (κ1) is 20.4. The molecule has 0 spiro atoms. The van der Waals surface area contributed by atoms with Gasteiger partial charge in [-0.05, 0) is 0 Å². The maximum Gasteiger partial charge on any atom is 0.673 e. The second kappa shape index (κ2) is 7.60. The smallest absolute Gasteiger partial charge is 0.418 e. The molecule has 0 N–H and O–H groups in total. The minimum atomic E-state index is -6.00. The molecule has 0 unspecified atom stereocenters. The minimum absolute atomic E-state index is 1.45. The van der Waals surface area contributed by atoms with Gasteiger partial charge in [0, 0.05) is 56.4 Å². The summed E-state index contributed by atoms with van der Waals surface area (Å²) in [6.45, 7) is 0. The second-order valence-electron chi connectivity index (χ2n) is 4.42. The van der Waals surface area contributed by atoms with E-state index in [4.69, 9.17) is 0 Å². The lowest BCUT2D eigenvalue weighted by Crippen LogP contribution is -2.43. The van der Waals surface area contributed by atoms with Gasteiger partial charge in [-0.1, -0.05) is 0 Å². The van der Waals surface area contributed by atoms with Crippen molar-refractivity contribution in [1.82, 2.24) is 18.7 Å². The van der Waals surface area contributed by atoms with E-state index in [1.807, 2.05) is 0 Å². The average molecular weight is 294 g/mol. The van der Waals surface area contributed by atoms with Crippen molar-refractivity contribution < 1.29 is 17.3 Å². The molecule has 4 nitrogen and oxygen atoms in total. The van der Waals surface area contributed by atoms with Crippen LogP contribution >= 0.6 is 7.87 Å². The lowest BCUT2D eigenvalue weighted by atomic mass is 10.3. The van der Waals surface area contributed by atoms with Crippen LogP contribution in [-0.4, -0.2) is 82.3 Å². The standard InChI is InChI=1S/C8H24N4P.BF4/c1-9(2)13(10(3)4,11(5)6)12(7)8;2-1(3,4)5/h1-8H3;/q+1;-1. The second-order valence-corrected chi connectivity index (χ2v) is 8.69. The fourth-order valence-corrected chi connectivity index (χ4v) is 6.44.